The molecular weight excluding hydrogens is 1130 g/mol. The van der Waals surface area contributed by atoms with E-state index in [1.54, 1.807) is 24.5 Å². The second-order valence-corrected chi connectivity index (χ2v) is 28.0. The minimum atomic E-state index is -1.07. The number of aromatic nitrogens is 3. The number of aromatic amines is 1. The molecule has 4 aliphatic carbocycles. The van der Waals surface area contributed by atoms with Gasteiger partial charge in [-0.05, 0) is 140 Å². The Bertz CT molecular complexity index is 3660. The number of aliphatic hydroxyl groups excluding tert-OH is 1. The highest BCUT2D eigenvalue weighted by Gasteiger charge is 2.64. The number of guanidine groups is 1. The molecule has 18 heteroatoms. The van der Waals surface area contributed by atoms with Gasteiger partial charge >= 0.3 is 5.97 Å². The van der Waals surface area contributed by atoms with E-state index in [2.05, 4.69) is 90.1 Å². The van der Waals surface area contributed by atoms with Crippen molar-refractivity contribution in [1.29, 1.82) is 0 Å². The molecule has 18 nitrogen and oxygen atoms in total. The van der Waals surface area contributed by atoms with Gasteiger partial charge in [-0.3, -0.25) is 20.1 Å². The van der Waals surface area contributed by atoms with Crippen LogP contribution < -0.4 is 36.5 Å². The number of carbonyl (C=O) groups excluding carboxylic acids is 1. The molecule has 8 heterocycles. The molecule has 0 radical (unpaired) electrons. The molecule has 14 rings (SSSR count). The Morgan fingerprint density at radius 3 is 2.60 bits per heavy atom. The summed E-state index contributed by atoms with van der Waals surface area (Å²) in [4.78, 5) is 26.6. The maximum absolute atomic E-state index is 13.8. The Morgan fingerprint density at radius 1 is 0.956 bits per heavy atom. The molecule has 11 N–H and O–H groups in total. The van der Waals surface area contributed by atoms with Crippen LogP contribution in [-0.2, 0) is 27.1 Å². The Labute approximate surface area is 527 Å². The summed E-state index contributed by atoms with van der Waals surface area (Å²) in [6.45, 7) is 2.91. The number of carbonyl (C=O) groups is 1. The second-order valence-electron chi connectivity index (χ2n) is 28.0. The zero-order valence-corrected chi connectivity index (χ0v) is 51.7. The van der Waals surface area contributed by atoms with Gasteiger partial charge in [-0.15, -0.1) is 11.8 Å². The fraction of sp³-hybridized carbons (Fsp3) is 0.542. The van der Waals surface area contributed by atoms with Gasteiger partial charge in [0.05, 0.1) is 47.5 Å². The fourth-order valence-corrected chi connectivity index (χ4v) is 17.6. The van der Waals surface area contributed by atoms with E-state index in [9.17, 15) is 25.2 Å². The highest BCUT2D eigenvalue weighted by atomic mass is 16.6. The standard InChI is InChI=1S/C72H87N9O9/c1-45(82)88-52-35-58(51-33-57(84)65(85)60(34-51)87-30-20-46-11-10-27-74-40-46)90-62(36-52)71-25-8-13-49-12-2-3-15-54(49)78-67(86)64-66(81-41-50-19-29-75-55(50)42-81)79-68(77-44-70(23-6-7-24-70)37-48-18-28-76-63(73)32-48)80-72(64)43-69(21-4-5-22-69)39-61(53(72)14-9-26-71)89-59-31-47(38-71)16-17-56(59)83/h10-11,16-19,27,29,31-34,40-42,49,52-54,58,61-62,64,66-67,75-76,78,83-86H,2-7,12,15,20-26,28,30,35-39,43-44,73H2,1H3,(H2,77,79,80)/t49-,52+,53-,54-,58+,61-,62-,64-,66+,67-,71+,72+/m1/s1. The number of hydrogen-bond acceptors (Lipinski definition) is 14. The van der Waals surface area contributed by atoms with Gasteiger partial charge in [0.25, 0.3) is 0 Å². The van der Waals surface area contributed by atoms with Crippen molar-refractivity contribution < 1.29 is 44.2 Å². The van der Waals surface area contributed by atoms with Crippen molar-refractivity contribution in [2.45, 2.75) is 190 Å². The number of esters is 1. The average molecular weight is 1220 g/mol. The van der Waals surface area contributed by atoms with E-state index in [0.717, 1.165) is 106 Å². The molecule has 5 aliphatic heterocycles. The molecule has 3 aromatic heterocycles. The van der Waals surface area contributed by atoms with Gasteiger partial charge in [0.2, 0.25) is 5.75 Å². The van der Waals surface area contributed by atoms with Gasteiger partial charge in [0, 0.05) is 106 Å². The zero-order chi connectivity index (χ0) is 61.6. The largest absolute Gasteiger partial charge is 0.504 e. The first kappa shape index (κ1) is 59.8. The Hall–Kier alpha value is -7.77. The number of phenolic OH excluding ortho intramolecular Hbond substituents is 3. The van der Waals surface area contributed by atoms with Crippen LogP contribution in [0.5, 0.6) is 28.7 Å². The number of aromatic hydroxyl groups is 3. The van der Waals surface area contributed by atoms with E-state index in [-0.39, 0.29) is 58.8 Å². The van der Waals surface area contributed by atoms with Crippen LogP contribution in [-0.4, -0.2) is 103 Å². The monoisotopic (exact) mass is 1220 g/mol. The molecule has 0 unspecified atom stereocenters. The average Bonchev–Trinajstić information content (AvgIpc) is 1.06. The summed E-state index contributed by atoms with van der Waals surface area (Å²) in [7, 11) is 0. The minimum absolute atomic E-state index is 0.0214. The molecule has 12 atom stereocenters. The van der Waals surface area contributed by atoms with Gasteiger partial charge < -0.3 is 70.6 Å². The number of nitrogens with zero attached hydrogens (tertiary/aromatic N) is 3. The number of dihydropyridines is 1. The molecule has 2 saturated heterocycles. The van der Waals surface area contributed by atoms with E-state index in [1.807, 2.05) is 30.5 Å². The van der Waals surface area contributed by atoms with E-state index in [0.29, 0.717) is 81.1 Å². The lowest BCUT2D eigenvalue weighted by Crippen LogP contribution is -2.77. The van der Waals surface area contributed by atoms with Crippen LogP contribution >= 0.6 is 0 Å². The topological polar surface area (TPSA) is 255 Å². The lowest BCUT2D eigenvalue weighted by molar-refractivity contribution is -0.174. The number of ether oxygens (including phenoxy) is 4. The van der Waals surface area contributed by atoms with Crippen LogP contribution in [0.1, 0.15) is 158 Å². The van der Waals surface area contributed by atoms with Crippen LogP contribution in [0.4, 0.5) is 0 Å². The van der Waals surface area contributed by atoms with E-state index >= 15 is 0 Å². The number of allylic oxidation sites excluding steroid dienone is 2. The molecule has 6 fully saturated rings. The number of rotatable bonds is 12. The number of benzene rings is 2. The summed E-state index contributed by atoms with van der Waals surface area (Å²) in [5.74, 6) is 14.9. The minimum Gasteiger partial charge on any atom is -0.504 e. The van der Waals surface area contributed by atoms with Crippen LogP contribution in [0.3, 0.4) is 0 Å². The van der Waals surface area contributed by atoms with Crippen molar-refractivity contribution in [3.63, 3.8) is 0 Å². The van der Waals surface area contributed by atoms with Crippen LogP contribution in [0.15, 0.2) is 108 Å². The number of hydrogen-bond donors (Lipinski definition) is 10. The molecule has 2 aromatic carbocycles. The van der Waals surface area contributed by atoms with Gasteiger partial charge in [0.1, 0.15) is 24.6 Å². The van der Waals surface area contributed by atoms with Crippen molar-refractivity contribution >= 4 is 22.8 Å². The van der Waals surface area contributed by atoms with Crippen LogP contribution in [0.2, 0.25) is 0 Å². The highest BCUT2D eigenvalue weighted by Crippen LogP contribution is 2.60. The maximum Gasteiger partial charge on any atom is 0.302 e. The third-order valence-corrected chi connectivity index (χ3v) is 21.9. The molecule has 0 amide bonds. The smallest absolute Gasteiger partial charge is 0.302 e. The SMILES string of the molecule is CC(=O)O[C@H]1C[C@@H](c2cc(O)c(O)c(OCCc3cccnc3)c2)O[C@@H]([C@]23CC#C[C@@H]4[C@@H](CC5(CCCC5)C[C@]45NC(=NCC4(CC6=CCNC(N)=C6)CCCC4)N[C@@H](n4cc6cc[nH]c6c4)[C@@H]5[C@@H](O)N[C@@H]4CCCC[C@@H]4C#CC2)Oc2cc(ccc2O)C3)C1. The third-order valence-electron chi connectivity index (χ3n) is 21.9. The van der Waals surface area contributed by atoms with Crippen molar-refractivity contribution in [2.75, 3.05) is 19.7 Å². The van der Waals surface area contributed by atoms with Crippen LogP contribution in [0.25, 0.3) is 10.9 Å². The molecule has 9 aliphatic rings. The molecule has 5 aromatic rings. The quantitative estimate of drug-likeness (QED) is 0.0317. The first-order chi connectivity index (χ1) is 43.7. The van der Waals surface area contributed by atoms with Gasteiger partial charge in [-0.25, -0.2) is 0 Å². The number of aliphatic hydroxyl groups is 1. The zero-order valence-electron chi connectivity index (χ0n) is 51.7. The summed E-state index contributed by atoms with van der Waals surface area (Å²) in [6, 6.07) is 14.7. The Kier molecular flexibility index (Phi) is 16.5. The highest BCUT2D eigenvalue weighted by molar-refractivity contribution is 5.83. The number of nitrogens with one attached hydrogen (secondary N) is 5. The van der Waals surface area contributed by atoms with Gasteiger partial charge in [-0.2, -0.15) is 0 Å². The van der Waals surface area contributed by atoms with Crippen molar-refractivity contribution in [2.24, 2.45) is 44.7 Å². The first-order valence-electron chi connectivity index (χ1n) is 33.1. The predicted octanol–water partition coefficient (Wildman–Crippen LogP) is 9.87. The predicted molar refractivity (Wildman–Crippen MR) is 342 cm³/mol. The van der Waals surface area contributed by atoms with Gasteiger partial charge in [-0.1, -0.05) is 68.6 Å². The van der Waals surface area contributed by atoms with E-state index in [4.69, 9.17) is 29.7 Å². The van der Waals surface area contributed by atoms with E-state index in [1.165, 1.54) is 18.6 Å². The first-order valence-corrected chi connectivity index (χ1v) is 33.1. The third kappa shape index (κ3) is 12.1. The molecule has 2 spiro atoms. The van der Waals surface area contributed by atoms with Crippen molar-refractivity contribution in [3.8, 4) is 52.4 Å². The molecular formula is C72H87N9O9. The number of pyridine rings is 1. The van der Waals surface area contributed by atoms with Crippen molar-refractivity contribution in [1.82, 2.24) is 35.8 Å². The number of H-pyrrole nitrogens is 1. The maximum atomic E-state index is 13.8. The molecule has 90 heavy (non-hydrogen) atoms. The number of aliphatic imine (C=N–C) groups is 1. The number of nitrogens with two attached hydrogens (primary N) is 1. The fourth-order valence-electron chi connectivity index (χ4n) is 17.6. The summed E-state index contributed by atoms with van der Waals surface area (Å²) in [5, 5.41) is 65.1. The molecule has 4 saturated carbocycles. The van der Waals surface area contributed by atoms with Crippen LogP contribution in [0, 0.1) is 57.7 Å². The number of fused-ring (bicyclic) bond motifs is 6. The molecule has 4 bridgehead atoms. The van der Waals surface area contributed by atoms with E-state index < -0.39 is 65.6 Å². The normalized spacial score (nSPS) is 32.1. The summed E-state index contributed by atoms with van der Waals surface area (Å²) < 4.78 is 29.7. The second kappa shape index (κ2) is 24.8. The lowest BCUT2D eigenvalue weighted by atomic mass is 9.54. The lowest BCUT2D eigenvalue weighted by Gasteiger charge is -2.61. The van der Waals surface area contributed by atoms with Crippen molar-refractivity contribution in [3.05, 3.63) is 120 Å². The Morgan fingerprint density at radius 2 is 1.79 bits per heavy atom. The molecule has 474 valence electrons. The summed E-state index contributed by atoms with van der Waals surface area (Å²) in [6.07, 6.45) is 26.5. The Balaban J connectivity index is 0.928. The number of phenols is 3. The summed E-state index contributed by atoms with van der Waals surface area (Å²) >= 11 is 0. The summed E-state index contributed by atoms with van der Waals surface area (Å²) in [5.41, 5.74) is 8.83. The van der Waals surface area contributed by atoms with Gasteiger partial charge in [0.15, 0.2) is 29.0 Å².